The topological polar surface area (TPSA) is 29.3 Å². The maximum atomic E-state index is 5.85. The molecule has 1 unspecified atom stereocenters. The average Bonchev–Trinajstić information content (AvgIpc) is 2.46. The van der Waals surface area contributed by atoms with Gasteiger partial charge in [-0.2, -0.15) is 0 Å². The van der Waals surface area contributed by atoms with Gasteiger partial charge in [-0.1, -0.05) is 37.3 Å². The normalized spacial score (nSPS) is 19.9. The van der Waals surface area contributed by atoms with Gasteiger partial charge in [-0.3, -0.25) is 0 Å². The molecule has 1 heterocycles. The molecule has 2 aromatic rings. The molecule has 0 aliphatic carbocycles. The minimum atomic E-state index is 0.608. The van der Waals surface area contributed by atoms with Gasteiger partial charge in [-0.15, -0.1) is 0 Å². The van der Waals surface area contributed by atoms with Crippen LogP contribution in [0.4, 0.5) is 5.69 Å². The highest BCUT2D eigenvalue weighted by atomic mass is 15.1. The Morgan fingerprint density at radius 2 is 1.95 bits per heavy atom. The Hall–Kier alpha value is -1.54. The van der Waals surface area contributed by atoms with Crippen molar-refractivity contribution in [2.45, 2.75) is 26.3 Å². The summed E-state index contributed by atoms with van der Waals surface area (Å²) >= 11 is 0. The van der Waals surface area contributed by atoms with Crippen LogP contribution in [0.25, 0.3) is 10.8 Å². The number of rotatable bonds is 2. The lowest BCUT2D eigenvalue weighted by Crippen LogP contribution is -2.34. The quantitative estimate of drug-likeness (QED) is 0.888. The zero-order valence-electron chi connectivity index (χ0n) is 11.6. The molecule has 0 saturated carbocycles. The standard InChI is InChI=1S/C17H22N2/c1-13-5-4-10-19(12-13)17-9-8-14(11-18)15-6-2-3-7-16(15)17/h2-3,6-9,13H,4-5,10-12,18H2,1H3. The van der Waals surface area contributed by atoms with Crippen molar-refractivity contribution in [3.8, 4) is 0 Å². The molecule has 2 heteroatoms. The first-order valence-corrected chi connectivity index (χ1v) is 7.25. The third-order valence-electron chi connectivity index (χ3n) is 4.21. The number of nitrogens with zero attached hydrogens (tertiary/aromatic N) is 1. The van der Waals surface area contributed by atoms with Crippen LogP contribution in [0.3, 0.4) is 0 Å². The van der Waals surface area contributed by atoms with Gasteiger partial charge in [0.25, 0.3) is 0 Å². The molecular formula is C17H22N2. The predicted molar refractivity (Wildman–Crippen MR) is 82.5 cm³/mol. The fourth-order valence-electron chi connectivity index (χ4n) is 3.21. The molecule has 0 aromatic heterocycles. The van der Waals surface area contributed by atoms with Gasteiger partial charge in [0.1, 0.15) is 0 Å². The van der Waals surface area contributed by atoms with Crippen LogP contribution >= 0.6 is 0 Å². The SMILES string of the molecule is CC1CCCN(c2ccc(CN)c3ccccc23)C1. The predicted octanol–water partition coefficient (Wildman–Crippen LogP) is 3.53. The molecular weight excluding hydrogens is 232 g/mol. The monoisotopic (exact) mass is 254 g/mol. The zero-order chi connectivity index (χ0) is 13.2. The highest BCUT2D eigenvalue weighted by Gasteiger charge is 2.18. The summed E-state index contributed by atoms with van der Waals surface area (Å²) in [6.45, 7) is 5.31. The van der Waals surface area contributed by atoms with Crippen molar-refractivity contribution < 1.29 is 0 Å². The Balaban J connectivity index is 2.09. The molecule has 0 radical (unpaired) electrons. The van der Waals surface area contributed by atoms with Crippen LogP contribution in [0.1, 0.15) is 25.3 Å². The van der Waals surface area contributed by atoms with E-state index in [2.05, 4.69) is 48.2 Å². The summed E-state index contributed by atoms with van der Waals surface area (Å²) in [5.41, 5.74) is 8.47. The summed E-state index contributed by atoms with van der Waals surface area (Å²) < 4.78 is 0. The van der Waals surface area contributed by atoms with E-state index in [0.29, 0.717) is 6.54 Å². The fraction of sp³-hybridized carbons (Fsp3) is 0.412. The minimum Gasteiger partial charge on any atom is -0.371 e. The summed E-state index contributed by atoms with van der Waals surface area (Å²) in [5.74, 6) is 0.793. The van der Waals surface area contributed by atoms with Gasteiger partial charge in [0.2, 0.25) is 0 Å². The molecule has 19 heavy (non-hydrogen) atoms. The molecule has 2 aromatic carbocycles. The fourth-order valence-corrected chi connectivity index (χ4v) is 3.21. The number of anilines is 1. The number of piperidine rings is 1. The number of benzene rings is 2. The van der Waals surface area contributed by atoms with Crippen LogP contribution in [-0.4, -0.2) is 13.1 Å². The Morgan fingerprint density at radius 1 is 1.16 bits per heavy atom. The molecule has 1 saturated heterocycles. The largest absolute Gasteiger partial charge is 0.371 e. The Morgan fingerprint density at radius 3 is 2.68 bits per heavy atom. The lowest BCUT2D eigenvalue weighted by atomic mass is 9.97. The van der Waals surface area contributed by atoms with Crippen molar-refractivity contribution >= 4 is 16.5 Å². The second-order valence-electron chi connectivity index (χ2n) is 5.69. The smallest absolute Gasteiger partial charge is 0.0446 e. The summed E-state index contributed by atoms with van der Waals surface area (Å²) in [4.78, 5) is 2.54. The zero-order valence-corrected chi connectivity index (χ0v) is 11.6. The first kappa shape index (κ1) is 12.5. The molecule has 0 bridgehead atoms. The lowest BCUT2D eigenvalue weighted by molar-refractivity contribution is 0.447. The molecule has 2 nitrogen and oxygen atoms in total. The third-order valence-corrected chi connectivity index (χ3v) is 4.21. The summed E-state index contributed by atoms with van der Waals surface area (Å²) in [7, 11) is 0. The van der Waals surface area contributed by atoms with E-state index in [-0.39, 0.29) is 0 Å². The van der Waals surface area contributed by atoms with E-state index in [1.165, 1.54) is 48.0 Å². The van der Waals surface area contributed by atoms with Crippen LogP contribution in [-0.2, 0) is 6.54 Å². The van der Waals surface area contributed by atoms with Crippen molar-refractivity contribution in [3.05, 3.63) is 42.0 Å². The molecule has 0 amide bonds. The molecule has 0 spiro atoms. The van der Waals surface area contributed by atoms with Crippen LogP contribution in [0.2, 0.25) is 0 Å². The molecule has 3 rings (SSSR count). The molecule has 1 fully saturated rings. The number of fused-ring (bicyclic) bond motifs is 1. The van der Waals surface area contributed by atoms with Crippen molar-refractivity contribution in [1.29, 1.82) is 0 Å². The van der Waals surface area contributed by atoms with Crippen LogP contribution in [0.5, 0.6) is 0 Å². The summed E-state index contributed by atoms with van der Waals surface area (Å²) in [6, 6.07) is 13.1. The van der Waals surface area contributed by atoms with E-state index in [4.69, 9.17) is 5.73 Å². The van der Waals surface area contributed by atoms with Crippen molar-refractivity contribution in [1.82, 2.24) is 0 Å². The summed E-state index contributed by atoms with van der Waals surface area (Å²) in [5, 5.41) is 2.65. The Kier molecular flexibility index (Phi) is 3.43. The Labute approximate surface area is 115 Å². The van der Waals surface area contributed by atoms with Gasteiger partial charge < -0.3 is 10.6 Å². The van der Waals surface area contributed by atoms with Gasteiger partial charge in [0, 0.05) is 30.7 Å². The maximum absolute atomic E-state index is 5.85. The first-order chi connectivity index (χ1) is 9.29. The van der Waals surface area contributed by atoms with Gasteiger partial charge in [-0.05, 0) is 35.8 Å². The Bertz CT molecular complexity index is 576. The van der Waals surface area contributed by atoms with Crippen molar-refractivity contribution in [2.24, 2.45) is 11.7 Å². The first-order valence-electron chi connectivity index (χ1n) is 7.25. The summed E-state index contributed by atoms with van der Waals surface area (Å²) in [6.07, 6.45) is 2.66. The minimum absolute atomic E-state index is 0.608. The number of nitrogens with two attached hydrogens (primary N) is 1. The van der Waals surface area contributed by atoms with Crippen molar-refractivity contribution in [3.63, 3.8) is 0 Å². The maximum Gasteiger partial charge on any atom is 0.0446 e. The third kappa shape index (κ3) is 2.33. The number of hydrogen-bond acceptors (Lipinski definition) is 2. The van der Waals surface area contributed by atoms with Gasteiger partial charge in [0.15, 0.2) is 0 Å². The second kappa shape index (κ2) is 5.22. The van der Waals surface area contributed by atoms with Crippen LogP contribution < -0.4 is 10.6 Å². The van der Waals surface area contributed by atoms with E-state index in [1.54, 1.807) is 0 Å². The molecule has 100 valence electrons. The molecule has 1 aliphatic rings. The van der Waals surface area contributed by atoms with Gasteiger partial charge in [-0.25, -0.2) is 0 Å². The van der Waals surface area contributed by atoms with E-state index in [0.717, 1.165) is 5.92 Å². The average molecular weight is 254 g/mol. The second-order valence-corrected chi connectivity index (χ2v) is 5.69. The van der Waals surface area contributed by atoms with Crippen LogP contribution in [0.15, 0.2) is 36.4 Å². The lowest BCUT2D eigenvalue weighted by Gasteiger charge is -2.33. The van der Waals surface area contributed by atoms with Gasteiger partial charge >= 0.3 is 0 Å². The van der Waals surface area contributed by atoms with E-state index >= 15 is 0 Å². The van der Waals surface area contributed by atoms with Crippen LogP contribution in [0, 0.1) is 5.92 Å². The number of hydrogen-bond donors (Lipinski definition) is 1. The molecule has 2 N–H and O–H groups in total. The van der Waals surface area contributed by atoms with Gasteiger partial charge in [0.05, 0.1) is 0 Å². The van der Waals surface area contributed by atoms with E-state index in [9.17, 15) is 0 Å². The molecule has 1 atom stereocenters. The molecule has 1 aliphatic heterocycles. The highest BCUT2D eigenvalue weighted by Crippen LogP contribution is 2.32. The van der Waals surface area contributed by atoms with E-state index in [1.807, 2.05) is 0 Å². The van der Waals surface area contributed by atoms with Crippen molar-refractivity contribution in [2.75, 3.05) is 18.0 Å². The highest BCUT2D eigenvalue weighted by molar-refractivity contribution is 5.96. The van der Waals surface area contributed by atoms with E-state index < -0.39 is 0 Å².